The van der Waals surface area contributed by atoms with Gasteiger partial charge in [0.05, 0.1) is 7.11 Å². The van der Waals surface area contributed by atoms with Crippen LogP contribution in [-0.4, -0.2) is 19.0 Å². The molecule has 0 saturated heterocycles. The van der Waals surface area contributed by atoms with Crippen molar-refractivity contribution < 1.29 is 14.3 Å². The maximum Gasteiger partial charge on any atom is 0.341 e. The van der Waals surface area contributed by atoms with Gasteiger partial charge < -0.3 is 10.1 Å². The minimum absolute atomic E-state index is 0.314. The molecule has 0 spiro atoms. The van der Waals surface area contributed by atoms with E-state index in [1.54, 1.807) is 6.08 Å². The number of methoxy groups -OCH3 is 1. The van der Waals surface area contributed by atoms with Crippen molar-refractivity contribution in [3.05, 3.63) is 81.2 Å². The average molecular weight is 456 g/mol. The zero-order valence-corrected chi connectivity index (χ0v) is 17.8. The van der Waals surface area contributed by atoms with E-state index in [-0.39, 0.29) is 5.91 Å². The molecule has 142 valence electrons. The van der Waals surface area contributed by atoms with Crippen LogP contribution in [-0.2, 0) is 9.53 Å². The molecule has 0 bridgehead atoms. The fraction of sp³-hybridized carbons (Fsp3) is 0.0909. The van der Waals surface area contributed by atoms with Crippen LogP contribution in [0.1, 0.15) is 21.5 Å². The van der Waals surface area contributed by atoms with Gasteiger partial charge in [-0.05, 0) is 36.3 Å². The number of aryl methyl sites for hydroxylation is 1. The first kappa shape index (κ1) is 20.0. The molecule has 0 unspecified atom stereocenters. The summed E-state index contributed by atoms with van der Waals surface area (Å²) in [5, 5.41) is 5.11. The van der Waals surface area contributed by atoms with E-state index < -0.39 is 5.97 Å². The second kappa shape index (κ2) is 8.99. The Morgan fingerprint density at radius 3 is 2.39 bits per heavy atom. The number of carbonyl (C=O) groups excluding carboxylic acids is 2. The zero-order valence-electron chi connectivity index (χ0n) is 15.4. The third-order valence-corrected chi connectivity index (χ3v) is 5.50. The molecule has 1 aromatic heterocycles. The Kier molecular flexibility index (Phi) is 6.44. The quantitative estimate of drug-likeness (QED) is 0.383. The second-order valence-corrected chi connectivity index (χ2v) is 7.88. The highest BCUT2D eigenvalue weighted by Gasteiger charge is 2.21. The lowest BCUT2D eigenvalue weighted by atomic mass is 10.0. The van der Waals surface area contributed by atoms with E-state index in [0.29, 0.717) is 10.6 Å². The molecule has 0 radical (unpaired) electrons. The molecule has 0 fully saturated rings. The Balaban J connectivity index is 1.85. The summed E-state index contributed by atoms with van der Waals surface area (Å²) in [6.07, 6.45) is 3.16. The number of thiophene rings is 1. The van der Waals surface area contributed by atoms with Crippen molar-refractivity contribution in [1.29, 1.82) is 0 Å². The van der Waals surface area contributed by atoms with Gasteiger partial charge in [0, 0.05) is 21.5 Å². The highest BCUT2D eigenvalue weighted by molar-refractivity contribution is 9.10. The number of halogens is 1. The van der Waals surface area contributed by atoms with Crippen LogP contribution in [0.5, 0.6) is 0 Å². The van der Waals surface area contributed by atoms with E-state index in [1.165, 1.54) is 24.5 Å². The number of hydrogen-bond acceptors (Lipinski definition) is 4. The Morgan fingerprint density at radius 1 is 1.07 bits per heavy atom. The Labute approximate surface area is 176 Å². The first-order valence-electron chi connectivity index (χ1n) is 8.49. The van der Waals surface area contributed by atoms with Crippen molar-refractivity contribution in [2.45, 2.75) is 6.92 Å². The number of anilines is 1. The van der Waals surface area contributed by atoms with E-state index in [1.807, 2.05) is 60.8 Å². The van der Waals surface area contributed by atoms with E-state index in [4.69, 9.17) is 4.74 Å². The fourth-order valence-electron chi connectivity index (χ4n) is 2.60. The minimum atomic E-state index is -0.482. The predicted octanol–water partition coefficient (Wildman–Crippen LogP) is 5.92. The number of rotatable bonds is 5. The van der Waals surface area contributed by atoms with E-state index in [2.05, 4.69) is 21.2 Å². The molecule has 1 heterocycles. The highest BCUT2D eigenvalue weighted by Crippen LogP contribution is 2.36. The maximum absolute atomic E-state index is 12.4. The average Bonchev–Trinajstić information content (AvgIpc) is 3.11. The molecule has 1 amide bonds. The van der Waals surface area contributed by atoms with Crippen LogP contribution in [0.3, 0.4) is 0 Å². The van der Waals surface area contributed by atoms with Gasteiger partial charge in [0.1, 0.15) is 10.6 Å². The number of hydrogen-bond donors (Lipinski definition) is 1. The van der Waals surface area contributed by atoms with Crippen molar-refractivity contribution >= 4 is 50.2 Å². The van der Waals surface area contributed by atoms with Gasteiger partial charge in [0.2, 0.25) is 5.91 Å². The standard InChI is InChI=1S/C22H18BrNO3S/c1-14-3-8-16(9-4-14)18-13-28-21(20(18)22(26)27-2)24-19(25)12-7-15-5-10-17(23)11-6-15/h3-13H,1-2H3,(H,24,25)/b12-7+. The van der Waals surface area contributed by atoms with Crippen LogP contribution < -0.4 is 5.32 Å². The first-order chi connectivity index (χ1) is 13.5. The SMILES string of the molecule is COC(=O)c1c(-c2ccc(C)cc2)csc1NC(=O)/C=C/c1ccc(Br)cc1. The summed E-state index contributed by atoms with van der Waals surface area (Å²) in [4.78, 5) is 24.7. The smallest absolute Gasteiger partial charge is 0.341 e. The summed E-state index contributed by atoms with van der Waals surface area (Å²) < 4.78 is 5.91. The molecule has 0 aliphatic heterocycles. The predicted molar refractivity (Wildman–Crippen MR) is 118 cm³/mol. The van der Waals surface area contributed by atoms with Crippen molar-refractivity contribution in [2.75, 3.05) is 12.4 Å². The number of ether oxygens (including phenoxy) is 1. The molecule has 0 aliphatic carbocycles. The molecular weight excluding hydrogens is 438 g/mol. The number of benzene rings is 2. The van der Waals surface area contributed by atoms with Gasteiger partial charge in [0.15, 0.2) is 0 Å². The zero-order chi connectivity index (χ0) is 20.1. The summed E-state index contributed by atoms with van der Waals surface area (Å²) in [6.45, 7) is 2.00. The molecule has 4 nitrogen and oxygen atoms in total. The molecule has 6 heteroatoms. The van der Waals surface area contributed by atoms with Gasteiger partial charge in [-0.2, -0.15) is 0 Å². The monoisotopic (exact) mass is 455 g/mol. The Morgan fingerprint density at radius 2 is 1.75 bits per heavy atom. The fourth-order valence-corrected chi connectivity index (χ4v) is 3.82. The molecule has 28 heavy (non-hydrogen) atoms. The van der Waals surface area contributed by atoms with E-state index in [9.17, 15) is 9.59 Å². The number of esters is 1. The molecule has 0 saturated carbocycles. The summed E-state index contributed by atoms with van der Waals surface area (Å²) in [6, 6.07) is 15.5. The van der Waals surface area contributed by atoms with Crippen LogP contribution in [0.25, 0.3) is 17.2 Å². The normalized spacial score (nSPS) is 10.8. The van der Waals surface area contributed by atoms with Gasteiger partial charge in [-0.3, -0.25) is 4.79 Å². The molecule has 3 rings (SSSR count). The van der Waals surface area contributed by atoms with Crippen LogP contribution in [0.2, 0.25) is 0 Å². The Bertz CT molecular complexity index is 1020. The van der Waals surface area contributed by atoms with Gasteiger partial charge in [-0.15, -0.1) is 11.3 Å². The number of carbonyl (C=O) groups is 2. The van der Waals surface area contributed by atoms with Crippen LogP contribution >= 0.6 is 27.3 Å². The molecule has 3 aromatic rings. The third-order valence-electron chi connectivity index (χ3n) is 4.08. The number of nitrogens with one attached hydrogen (secondary N) is 1. The molecule has 0 aliphatic rings. The van der Waals surface area contributed by atoms with Gasteiger partial charge >= 0.3 is 5.97 Å². The van der Waals surface area contributed by atoms with Crippen LogP contribution in [0, 0.1) is 6.92 Å². The summed E-state index contributed by atoms with van der Waals surface area (Å²) in [5.41, 5.74) is 4.03. The van der Waals surface area contributed by atoms with Gasteiger partial charge in [-0.1, -0.05) is 57.9 Å². The Hall–Kier alpha value is -2.70. The van der Waals surface area contributed by atoms with E-state index >= 15 is 0 Å². The van der Waals surface area contributed by atoms with Crippen LogP contribution in [0.15, 0.2) is 64.5 Å². The lowest BCUT2D eigenvalue weighted by Gasteiger charge is -2.07. The molecule has 1 N–H and O–H groups in total. The topological polar surface area (TPSA) is 55.4 Å². The minimum Gasteiger partial charge on any atom is -0.465 e. The molecule has 2 aromatic carbocycles. The van der Waals surface area contributed by atoms with Crippen LogP contribution in [0.4, 0.5) is 5.00 Å². The second-order valence-electron chi connectivity index (χ2n) is 6.09. The summed E-state index contributed by atoms with van der Waals surface area (Å²) in [7, 11) is 1.33. The van der Waals surface area contributed by atoms with Crippen molar-refractivity contribution in [3.8, 4) is 11.1 Å². The molecule has 0 atom stereocenters. The summed E-state index contributed by atoms with van der Waals surface area (Å²) >= 11 is 4.68. The number of amides is 1. The maximum atomic E-state index is 12.4. The van der Waals surface area contributed by atoms with E-state index in [0.717, 1.165) is 26.7 Å². The van der Waals surface area contributed by atoms with Gasteiger partial charge in [0.25, 0.3) is 0 Å². The largest absolute Gasteiger partial charge is 0.465 e. The van der Waals surface area contributed by atoms with Crippen molar-refractivity contribution in [2.24, 2.45) is 0 Å². The van der Waals surface area contributed by atoms with Gasteiger partial charge in [-0.25, -0.2) is 4.79 Å². The lowest BCUT2D eigenvalue weighted by Crippen LogP contribution is -2.11. The summed E-state index contributed by atoms with van der Waals surface area (Å²) in [5.74, 6) is -0.797. The van der Waals surface area contributed by atoms with Crippen molar-refractivity contribution in [1.82, 2.24) is 0 Å². The highest BCUT2D eigenvalue weighted by atomic mass is 79.9. The first-order valence-corrected chi connectivity index (χ1v) is 10.2. The van der Waals surface area contributed by atoms with Crippen molar-refractivity contribution in [3.63, 3.8) is 0 Å². The molecular formula is C22H18BrNO3S. The third kappa shape index (κ3) is 4.77. The lowest BCUT2D eigenvalue weighted by molar-refractivity contribution is -0.111.